The molecule has 4 nitrogen and oxygen atoms in total. The van der Waals surface area contributed by atoms with Gasteiger partial charge in [0, 0.05) is 11.1 Å². The first-order valence-corrected chi connectivity index (χ1v) is 6.70. The molecule has 0 spiro atoms. The van der Waals surface area contributed by atoms with Crippen LogP contribution in [-0.4, -0.2) is 16.4 Å². The fraction of sp³-hybridized carbons (Fsp3) is 0.667. The molecule has 1 aromatic heterocycles. The van der Waals surface area contributed by atoms with Crippen molar-refractivity contribution in [1.82, 2.24) is 10.3 Å². The number of aromatic nitrogens is 1. The smallest absolute Gasteiger partial charge is 0.240 e. The molecule has 0 aliphatic heterocycles. The normalized spacial score (nSPS) is 15.4. The summed E-state index contributed by atoms with van der Waals surface area (Å²) in [4.78, 5) is 17.4. The molecule has 1 rings (SSSR count). The minimum Gasteiger partial charge on any atom is -0.346 e. The molecule has 0 saturated carbocycles. The van der Waals surface area contributed by atoms with Gasteiger partial charge in [-0.05, 0) is 27.2 Å². The molecule has 0 aliphatic rings. The Kier molecular flexibility index (Phi) is 6.81. The summed E-state index contributed by atoms with van der Waals surface area (Å²) in [5.41, 5.74) is 5.18. The molecule has 1 amide bonds. The maximum atomic E-state index is 12.0. The van der Waals surface area contributed by atoms with Crippen LogP contribution >= 0.6 is 23.7 Å². The van der Waals surface area contributed by atoms with Crippen LogP contribution in [0.5, 0.6) is 0 Å². The summed E-state index contributed by atoms with van der Waals surface area (Å²) in [6, 6.07) is -0.0825. The van der Waals surface area contributed by atoms with Crippen molar-refractivity contribution in [2.75, 3.05) is 0 Å². The fourth-order valence-corrected chi connectivity index (χ4v) is 2.40. The zero-order chi connectivity index (χ0) is 13.1. The maximum absolute atomic E-state index is 12.0. The van der Waals surface area contributed by atoms with Crippen molar-refractivity contribution in [3.63, 3.8) is 0 Å². The molecule has 0 saturated heterocycles. The maximum Gasteiger partial charge on any atom is 0.240 e. The Labute approximate surface area is 119 Å². The minimum atomic E-state index is -0.796. The van der Waals surface area contributed by atoms with E-state index in [1.807, 2.05) is 27.0 Å². The second kappa shape index (κ2) is 7.07. The predicted octanol–water partition coefficient (Wildman–Crippen LogP) is 2.57. The number of halogens is 1. The third-order valence-corrected chi connectivity index (χ3v) is 3.74. The fourth-order valence-electron chi connectivity index (χ4n) is 1.63. The van der Waals surface area contributed by atoms with Gasteiger partial charge in [-0.3, -0.25) is 4.79 Å². The second-order valence-corrected chi connectivity index (χ2v) is 5.94. The van der Waals surface area contributed by atoms with Gasteiger partial charge in [0.1, 0.15) is 5.01 Å². The molecule has 104 valence electrons. The van der Waals surface area contributed by atoms with Crippen LogP contribution in [0.3, 0.4) is 0 Å². The van der Waals surface area contributed by atoms with E-state index in [0.29, 0.717) is 6.42 Å². The Morgan fingerprint density at radius 3 is 2.72 bits per heavy atom. The van der Waals surface area contributed by atoms with Gasteiger partial charge in [-0.25, -0.2) is 4.98 Å². The van der Waals surface area contributed by atoms with E-state index in [1.165, 1.54) is 0 Å². The summed E-state index contributed by atoms with van der Waals surface area (Å²) in [5, 5.41) is 3.84. The second-order valence-electron chi connectivity index (χ2n) is 4.67. The van der Waals surface area contributed by atoms with Crippen LogP contribution in [-0.2, 0) is 4.79 Å². The summed E-state index contributed by atoms with van der Waals surface area (Å²) >= 11 is 1.60. The Morgan fingerprint density at radius 1 is 1.67 bits per heavy atom. The minimum absolute atomic E-state index is 0. The first-order valence-electron chi connectivity index (χ1n) is 5.89. The number of nitrogens with two attached hydrogens (primary N) is 1. The lowest BCUT2D eigenvalue weighted by molar-refractivity contribution is -0.126. The number of hydrogen-bond donors (Lipinski definition) is 2. The van der Waals surface area contributed by atoms with Crippen molar-refractivity contribution in [3.05, 3.63) is 16.1 Å². The molecule has 3 N–H and O–H groups in total. The third-order valence-electron chi connectivity index (χ3n) is 2.65. The average molecular weight is 292 g/mol. The summed E-state index contributed by atoms with van der Waals surface area (Å²) in [6.45, 7) is 7.72. The quantitative estimate of drug-likeness (QED) is 0.876. The van der Waals surface area contributed by atoms with Crippen molar-refractivity contribution >= 4 is 29.7 Å². The molecule has 0 fully saturated rings. The Bertz CT molecular complexity index is 392. The molecular formula is C12H22ClN3OS. The number of rotatable bonds is 5. The highest BCUT2D eigenvalue weighted by molar-refractivity contribution is 7.11. The first kappa shape index (κ1) is 17.4. The van der Waals surface area contributed by atoms with Gasteiger partial charge in [-0.2, -0.15) is 0 Å². The van der Waals surface area contributed by atoms with Crippen LogP contribution in [0.1, 0.15) is 49.5 Å². The number of hydrogen-bond acceptors (Lipinski definition) is 4. The van der Waals surface area contributed by atoms with E-state index in [0.717, 1.165) is 16.3 Å². The van der Waals surface area contributed by atoms with Gasteiger partial charge in [0.05, 0.1) is 11.6 Å². The zero-order valence-electron chi connectivity index (χ0n) is 11.3. The van der Waals surface area contributed by atoms with E-state index < -0.39 is 5.54 Å². The molecule has 1 heterocycles. The van der Waals surface area contributed by atoms with Crippen LogP contribution in [0, 0.1) is 6.92 Å². The Morgan fingerprint density at radius 2 is 2.28 bits per heavy atom. The molecule has 1 aromatic rings. The molecular weight excluding hydrogens is 270 g/mol. The number of nitrogens with one attached hydrogen (secondary N) is 1. The van der Waals surface area contributed by atoms with Gasteiger partial charge >= 0.3 is 0 Å². The molecule has 0 bridgehead atoms. The van der Waals surface area contributed by atoms with E-state index in [1.54, 1.807) is 18.3 Å². The summed E-state index contributed by atoms with van der Waals surface area (Å²) in [7, 11) is 0. The highest BCUT2D eigenvalue weighted by atomic mass is 35.5. The zero-order valence-corrected chi connectivity index (χ0v) is 13.0. The van der Waals surface area contributed by atoms with Crippen molar-refractivity contribution in [3.8, 4) is 0 Å². The monoisotopic (exact) mass is 291 g/mol. The van der Waals surface area contributed by atoms with E-state index in [4.69, 9.17) is 5.73 Å². The summed E-state index contributed by atoms with van der Waals surface area (Å²) in [6.07, 6.45) is 3.39. The van der Waals surface area contributed by atoms with Crippen LogP contribution in [0.15, 0.2) is 6.20 Å². The van der Waals surface area contributed by atoms with Crippen LogP contribution in [0.25, 0.3) is 0 Å². The van der Waals surface area contributed by atoms with Gasteiger partial charge in [0.15, 0.2) is 0 Å². The molecule has 0 aliphatic carbocycles. The van der Waals surface area contributed by atoms with Crippen LogP contribution < -0.4 is 11.1 Å². The van der Waals surface area contributed by atoms with Gasteiger partial charge < -0.3 is 11.1 Å². The summed E-state index contributed by atoms with van der Waals surface area (Å²) < 4.78 is 0. The summed E-state index contributed by atoms with van der Waals surface area (Å²) in [5.74, 6) is -0.111. The molecule has 6 heteroatoms. The largest absolute Gasteiger partial charge is 0.346 e. The van der Waals surface area contributed by atoms with E-state index >= 15 is 0 Å². The molecule has 18 heavy (non-hydrogen) atoms. The third kappa shape index (κ3) is 4.55. The molecule has 2 unspecified atom stereocenters. The highest BCUT2D eigenvalue weighted by Gasteiger charge is 2.28. The van der Waals surface area contributed by atoms with Gasteiger partial charge in [0.2, 0.25) is 5.91 Å². The van der Waals surface area contributed by atoms with Crippen molar-refractivity contribution < 1.29 is 4.79 Å². The number of amides is 1. The van der Waals surface area contributed by atoms with Crippen molar-refractivity contribution in [1.29, 1.82) is 0 Å². The van der Waals surface area contributed by atoms with Crippen molar-refractivity contribution in [2.45, 2.75) is 52.1 Å². The van der Waals surface area contributed by atoms with E-state index in [2.05, 4.69) is 10.3 Å². The van der Waals surface area contributed by atoms with Crippen molar-refractivity contribution in [2.24, 2.45) is 5.73 Å². The Hall–Kier alpha value is -0.650. The number of thiazole rings is 1. The molecule has 0 radical (unpaired) electrons. The van der Waals surface area contributed by atoms with Crippen LogP contribution in [0.4, 0.5) is 0 Å². The highest BCUT2D eigenvalue weighted by Crippen LogP contribution is 2.20. The first-order chi connectivity index (χ1) is 7.86. The lowest BCUT2D eigenvalue weighted by Crippen LogP contribution is -2.51. The van der Waals surface area contributed by atoms with Gasteiger partial charge in [-0.15, -0.1) is 23.7 Å². The van der Waals surface area contributed by atoms with Gasteiger partial charge in [-0.1, -0.05) is 13.3 Å². The SMILES string of the molecule is CCCC(C)(N)C(=O)NC(C)c1ncc(C)s1.Cl. The Balaban J connectivity index is 0.00000289. The number of carbonyl (C=O) groups excluding carboxylic acids is 1. The van der Waals surface area contributed by atoms with Crippen LogP contribution in [0.2, 0.25) is 0 Å². The van der Waals surface area contributed by atoms with E-state index in [9.17, 15) is 4.79 Å². The lowest BCUT2D eigenvalue weighted by atomic mass is 9.96. The standard InChI is InChI=1S/C12H21N3OS.ClH/c1-5-6-12(4,13)11(16)15-9(3)10-14-7-8(2)17-10;/h7,9H,5-6,13H2,1-4H3,(H,15,16);1H. The average Bonchev–Trinajstić information content (AvgIpc) is 2.64. The predicted molar refractivity (Wildman–Crippen MR) is 78.2 cm³/mol. The van der Waals surface area contributed by atoms with Gasteiger partial charge in [0.25, 0.3) is 0 Å². The van der Waals surface area contributed by atoms with E-state index in [-0.39, 0.29) is 24.4 Å². The number of aryl methyl sites for hydroxylation is 1. The number of carbonyl (C=O) groups is 1. The lowest BCUT2D eigenvalue weighted by Gasteiger charge is -2.24. The topological polar surface area (TPSA) is 68.0 Å². The number of nitrogens with zero attached hydrogens (tertiary/aromatic N) is 1. The molecule has 0 aromatic carbocycles. The molecule has 2 atom stereocenters.